The monoisotopic (exact) mass is 275 g/mol. The van der Waals surface area contributed by atoms with E-state index in [4.69, 9.17) is 0 Å². The van der Waals surface area contributed by atoms with Crippen LogP contribution in [0.5, 0.6) is 0 Å². The third-order valence-electron chi connectivity index (χ3n) is 2.26. The molecule has 0 aliphatic carbocycles. The second-order valence-electron chi connectivity index (χ2n) is 3.40. The van der Waals surface area contributed by atoms with Gasteiger partial charge in [-0.2, -0.15) is 0 Å². The zero-order valence-electron chi connectivity index (χ0n) is 8.53. The van der Waals surface area contributed by atoms with Crippen LogP contribution in [-0.4, -0.2) is 5.91 Å². The average Bonchev–Trinajstić information content (AvgIpc) is 2.29. The summed E-state index contributed by atoms with van der Waals surface area (Å²) < 4.78 is 1.04. The first-order valence-corrected chi connectivity index (χ1v) is 5.61. The number of anilines is 1. The van der Waals surface area contributed by atoms with Crippen molar-refractivity contribution in [2.75, 3.05) is 5.32 Å². The van der Waals surface area contributed by atoms with Crippen molar-refractivity contribution in [3.8, 4) is 0 Å². The van der Waals surface area contributed by atoms with E-state index >= 15 is 0 Å². The van der Waals surface area contributed by atoms with E-state index in [1.165, 1.54) is 6.08 Å². The third kappa shape index (κ3) is 2.31. The highest BCUT2D eigenvalue weighted by molar-refractivity contribution is 9.10. The number of nitrogens with one attached hydrogen (secondary N) is 1. The number of hydrogen-bond acceptors (Lipinski definition) is 1. The average molecular weight is 276 g/mol. The predicted molar refractivity (Wildman–Crippen MR) is 70.5 cm³/mol. The fourth-order valence-electron chi connectivity index (χ4n) is 1.49. The number of fused-ring (bicyclic) bond motifs is 1. The maximum absolute atomic E-state index is 11.1. The third-order valence-corrected chi connectivity index (χ3v) is 2.75. The number of halogens is 1. The molecule has 0 heterocycles. The van der Waals surface area contributed by atoms with E-state index in [-0.39, 0.29) is 5.91 Å². The topological polar surface area (TPSA) is 29.1 Å². The quantitative estimate of drug-likeness (QED) is 0.832. The van der Waals surface area contributed by atoms with Crippen LogP contribution in [0.4, 0.5) is 5.69 Å². The maximum atomic E-state index is 11.1. The number of benzene rings is 2. The molecule has 0 saturated heterocycles. The van der Waals surface area contributed by atoms with Gasteiger partial charge in [-0.1, -0.05) is 34.6 Å². The lowest BCUT2D eigenvalue weighted by molar-refractivity contribution is -0.111. The van der Waals surface area contributed by atoms with Crippen molar-refractivity contribution >= 4 is 38.3 Å². The lowest BCUT2D eigenvalue weighted by Gasteiger charge is -2.04. The van der Waals surface area contributed by atoms with Crippen molar-refractivity contribution < 1.29 is 4.79 Å². The summed E-state index contributed by atoms with van der Waals surface area (Å²) in [5, 5.41) is 4.95. The van der Waals surface area contributed by atoms with Crippen molar-refractivity contribution in [3.63, 3.8) is 0 Å². The largest absolute Gasteiger partial charge is 0.323 e. The molecule has 2 rings (SSSR count). The summed E-state index contributed by atoms with van der Waals surface area (Å²) in [5.41, 5.74) is 0.778. The van der Waals surface area contributed by atoms with E-state index in [2.05, 4.69) is 27.8 Å². The summed E-state index contributed by atoms with van der Waals surface area (Å²) in [6.45, 7) is 3.41. The molecule has 16 heavy (non-hydrogen) atoms. The van der Waals surface area contributed by atoms with E-state index in [9.17, 15) is 4.79 Å². The van der Waals surface area contributed by atoms with Gasteiger partial charge in [-0.15, -0.1) is 0 Å². The van der Waals surface area contributed by atoms with Gasteiger partial charge in [0.2, 0.25) is 5.91 Å². The highest BCUT2D eigenvalue weighted by Gasteiger charge is 1.99. The van der Waals surface area contributed by atoms with E-state index in [1.54, 1.807) is 0 Å². The minimum Gasteiger partial charge on any atom is -0.323 e. The second-order valence-corrected chi connectivity index (χ2v) is 4.32. The fraction of sp³-hybridized carbons (Fsp3) is 0. The number of amides is 1. The first-order chi connectivity index (χ1) is 7.69. The van der Waals surface area contributed by atoms with Crippen LogP contribution in [-0.2, 0) is 4.79 Å². The zero-order chi connectivity index (χ0) is 11.5. The zero-order valence-corrected chi connectivity index (χ0v) is 10.1. The molecule has 1 amide bonds. The maximum Gasteiger partial charge on any atom is 0.247 e. The van der Waals surface area contributed by atoms with E-state index in [0.29, 0.717) is 0 Å². The number of hydrogen-bond donors (Lipinski definition) is 1. The van der Waals surface area contributed by atoms with Crippen LogP contribution in [0.15, 0.2) is 53.5 Å². The van der Waals surface area contributed by atoms with E-state index < -0.39 is 0 Å². The molecule has 1 N–H and O–H groups in total. The molecule has 0 atom stereocenters. The lowest BCUT2D eigenvalue weighted by atomic mass is 10.1. The SMILES string of the molecule is C=CC(=O)Nc1ccc2cc(Br)ccc2c1. The standard InChI is InChI=1S/C13H10BrNO/c1-2-13(16)15-12-6-4-9-7-11(14)5-3-10(9)8-12/h2-8H,1H2,(H,15,16). The summed E-state index contributed by atoms with van der Waals surface area (Å²) in [7, 11) is 0. The van der Waals surface area contributed by atoms with Crippen LogP contribution in [0, 0.1) is 0 Å². The molecule has 0 aliphatic heterocycles. The molecule has 2 aromatic carbocycles. The minimum atomic E-state index is -0.198. The molecule has 0 saturated carbocycles. The Bertz CT molecular complexity index is 563. The van der Waals surface area contributed by atoms with E-state index in [1.807, 2.05) is 36.4 Å². The number of rotatable bonds is 2. The summed E-state index contributed by atoms with van der Waals surface area (Å²) in [6.07, 6.45) is 1.26. The summed E-state index contributed by atoms with van der Waals surface area (Å²) in [6, 6.07) is 11.8. The summed E-state index contributed by atoms with van der Waals surface area (Å²) >= 11 is 3.42. The van der Waals surface area contributed by atoms with Crippen LogP contribution in [0.25, 0.3) is 10.8 Å². The molecule has 0 bridgehead atoms. The molecule has 0 fully saturated rings. The second kappa shape index (κ2) is 4.49. The molecule has 0 radical (unpaired) electrons. The van der Waals surface area contributed by atoms with Crippen LogP contribution in [0.1, 0.15) is 0 Å². The molecule has 3 heteroatoms. The highest BCUT2D eigenvalue weighted by Crippen LogP contribution is 2.22. The molecule has 0 aromatic heterocycles. The number of carbonyl (C=O) groups is 1. The van der Waals surface area contributed by atoms with Crippen LogP contribution in [0.3, 0.4) is 0 Å². The Morgan fingerprint density at radius 2 is 1.88 bits per heavy atom. The van der Waals surface area contributed by atoms with Gasteiger partial charge >= 0.3 is 0 Å². The Hall–Kier alpha value is -1.61. The van der Waals surface area contributed by atoms with Gasteiger partial charge in [-0.3, -0.25) is 4.79 Å². The Balaban J connectivity index is 2.40. The molecule has 0 unspecified atom stereocenters. The predicted octanol–water partition coefficient (Wildman–Crippen LogP) is 3.73. The van der Waals surface area contributed by atoms with Gasteiger partial charge in [0.05, 0.1) is 0 Å². The van der Waals surface area contributed by atoms with Gasteiger partial charge in [0.15, 0.2) is 0 Å². The minimum absolute atomic E-state index is 0.198. The Labute approximate surface area is 102 Å². The fourth-order valence-corrected chi connectivity index (χ4v) is 1.87. The molecule has 2 aromatic rings. The van der Waals surface area contributed by atoms with Crippen molar-refractivity contribution in [1.29, 1.82) is 0 Å². The molecular weight excluding hydrogens is 266 g/mol. The van der Waals surface area contributed by atoms with Crippen molar-refractivity contribution in [2.45, 2.75) is 0 Å². The Kier molecular flexibility index (Phi) is 3.06. The normalized spacial score (nSPS) is 10.1. The van der Waals surface area contributed by atoms with Gasteiger partial charge in [0.25, 0.3) is 0 Å². The molecular formula is C13H10BrNO. The molecule has 0 spiro atoms. The van der Waals surface area contributed by atoms with Gasteiger partial charge in [0.1, 0.15) is 0 Å². The molecule has 0 aliphatic rings. The Morgan fingerprint density at radius 3 is 2.62 bits per heavy atom. The molecule has 2 nitrogen and oxygen atoms in total. The Morgan fingerprint density at radius 1 is 1.19 bits per heavy atom. The smallest absolute Gasteiger partial charge is 0.247 e. The molecule has 80 valence electrons. The van der Waals surface area contributed by atoms with Crippen molar-refractivity contribution in [2.24, 2.45) is 0 Å². The van der Waals surface area contributed by atoms with Gasteiger partial charge in [0, 0.05) is 10.2 Å². The lowest BCUT2D eigenvalue weighted by Crippen LogP contribution is -2.06. The van der Waals surface area contributed by atoms with Gasteiger partial charge in [-0.25, -0.2) is 0 Å². The first-order valence-electron chi connectivity index (χ1n) is 4.82. The van der Waals surface area contributed by atoms with Crippen molar-refractivity contribution in [1.82, 2.24) is 0 Å². The van der Waals surface area contributed by atoms with Crippen molar-refractivity contribution in [3.05, 3.63) is 53.5 Å². The number of carbonyl (C=O) groups excluding carboxylic acids is 1. The summed E-state index contributed by atoms with van der Waals surface area (Å²) in [4.78, 5) is 11.1. The van der Waals surface area contributed by atoms with Crippen LogP contribution < -0.4 is 5.32 Å². The first kappa shape index (κ1) is 10.9. The van der Waals surface area contributed by atoms with Crippen LogP contribution >= 0.6 is 15.9 Å². The summed E-state index contributed by atoms with van der Waals surface area (Å²) in [5.74, 6) is -0.198. The van der Waals surface area contributed by atoms with E-state index in [0.717, 1.165) is 20.9 Å². The highest BCUT2D eigenvalue weighted by atomic mass is 79.9. The van der Waals surface area contributed by atoms with Gasteiger partial charge < -0.3 is 5.32 Å². The van der Waals surface area contributed by atoms with Gasteiger partial charge in [-0.05, 0) is 41.1 Å². The van der Waals surface area contributed by atoms with Crippen LogP contribution in [0.2, 0.25) is 0 Å².